The van der Waals surface area contributed by atoms with E-state index in [1.807, 2.05) is 12.1 Å². The van der Waals surface area contributed by atoms with Crippen molar-refractivity contribution in [1.82, 2.24) is 0 Å². The predicted octanol–water partition coefficient (Wildman–Crippen LogP) is 2.50. The fraction of sp³-hybridized carbons (Fsp3) is 0.333. The summed E-state index contributed by atoms with van der Waals surface area (Å²) in [5.41, 5.74) is 1.10. The second-order valence-electron chi connectivity index (χ2n) is 2.52. The standard InChI is InChI=1S/C9H13O3P/c1-11-13(12-2)7-8-3-5-9(10)6-4-8/h3-6,10H,7H2,1-2H3. The van der Waals surface area contributed by atoms with Crippen molar-refractivity contribution in [3.63, 3.8) is 0 Å². The van der Waals surface area contributed by atoms with Gasteiger partial charge in [0.1, 0.15) is 5.75 Å². The lowest BCUT2D eigenvalue weighted by atomic mass is 10.2. The number of hydrogen-bond donors (Lipinski definition) is 1. The van der Waals surface area contributed by atoms with E-state index in [1.165, 1.54) is 0 Å². The normalized spacial score (nSPS) is 10.7. The Kier molecular flexibility index (Phi) is 4.16. The summed E-state index contributed by atoms with van der Waals surface area (Å²) >= 11 is 0. The van der Waals surface area contributed by atoms with Gasteiger partial charge in [0, 0.05) is 20.4 Å². The molecule has 0 unspecified atom stereocenters. The van der Waals surface area contributed by atoms with Crippen molar-refractivity contribution in [2.24, 2.45) is 0 Å². The van der Waals surface area contributed by atoms with Crippen molar-refractivity contribution >= 4 is 8.38 Å². The van der Waals surface area contributed by atoms with Crippen LogP contribution in [0.4, 0.5) is 0 Å². The molecule has 0 aliphatic carbocycles. The summed E-state index contributed by atoms with van der Waals surface area (Å²) in [6.07, 6.45) is 0.753. The second-order valence-corrected chi connectivity index (χ2v) is 4.23. The summed E-state index contributed by atoms with van der Waals surface area (Å²) in [5, 5.41) is 9.05. The molecule has 0 bridgehead atoms. The first-order chi connectivity index (χ1) is 6.26. The zero-order valence-electron chi connectivity index (χ0n) is 7.73. The van der Waals surface area contributed by atoms with E-state index in [0.29, 0.717) is 0 Å². The summed E-state index contributed by atoms with van der Waals surface area (Å²) in [6, 6.07) is 7.05. The van der Waals surface area contributed by atoms with Gasteiger partial charge in [-0.15, -0.1) is 0 Å². The quantitative estimate of drug-likeness (QED) is 0.759. The van der Waals surface area contributed by atoms with E-state index in [0.717, 1.165) is 11.7 Å². The molecule has 13 heavy (non-hydrogen) atoms. The van der Waals surface area contributed by atoms with Crippen LogP contribution >= 0.6 is 8.38 Å². The molecule has 3 nitrogen and oxygen atoms in total. The molecule has 0 amide bonds. The monoisotopic (exact) mass is 200 g/mol. The van der Waals surface area contributed by atoms with E-state index in [2.05, 4.69) is 0 Å². The van der Waals surface area contributed by atoms with Gasteiger partial charge in [-0.25, -0.2) is 0 Å². The maximum Gasteiger partial charge on any atom is 0.174 e. The molecule has 0 fully saturated rings. The zero-order chi connectivity index (χ0) is 9.68. The molecule has 0 radical (unpaired) electrons. The first kappa shape index (κ1) is 10.5. The smallest absolute Gasteiger partial charge is 0.174 e. The number of aromatic hydroxyl groups is 1. The van der Waals surface area contributed by atoms with Crippen molar-refractivity contribution in [2.75, 3.05) is 14.2 Å². The van der Waals surface area contributed by atoms with Gasteiger partial charge in [-0.1, -0.05) is 12.1 Å². The minimum Gasteiger partial charge on any atom is -0.508 e. The van der Waals surface area contributed by atoms with Crippen molar-refractivity contribution < 1.29 is 14.2 Å². The van der Waals surface area contributed by atoms with Gasteiger partial charge in [-0.2, -0.15) is 0 Å². The first-order valence-corrected chi connectivity index (χ1v) is 5.26. The Morgan fingerprint density at radius 3 is 2.15 bits per heavy atom. The fourth-order valence-electron chi connectivity index (χ4n) is 0.954. The molecule has 0 saturated carbocycles. The largest absolute Gasteiger partial charge is 0.508 e. The van der Waals surface area contributed by atoms with Gasteiger partial charge >= 0.3 is 0 Å². The van der Waals surface area contributed by atoms with Crippen molar-refractivity contribution in [3.8, 4) is 5.75 Å². The highest BCUT2D eigenvalue weighted by Crippen LogP contribution is 2.40. The van der Waals surface area contributed by atoms with Crippen LogP contribution in [0.15, 0.2) is 24.3 Å². The lowest BCUT2D eigenvalue weighted by Crippen LogP contribution is -1.87. The number of phenols is 1. The van der Waals surface area contributed by atoms with Crippen LogP contribution in [0.25, 0.3) is 0 Å². The van der Waals surface area contributed by atoms with Gasteiger partial charge in [0.25, 0.3) is 0 Å². The Labute approximate surface area is 79.2 Å². The fourth-order valence-corrected chi connectivity index (χ4v) is 1.87. The van der Waals surface area contributed by atoms with E-state index in [9.17, 15) is 0 Å². The van der Waals surface area contributed by atoms with E-state index in [-0.39, 0.29) is 5.75 Å². The molecule has 0 aliphatic rings. The van der Waals surface area contributed by atoms with Gasteiger partial charge in [-0.05, 0) is 17.7 Å². The van der Waals surface area contributed by atoms with Gasteiger partial charge in [-0.3, -0.25) is 0 Å². The highest BCUT2D eigenvalue weighted by Gasteiger charge is 2.06. The van der Waals surface area contributed by atoms with Crippen LogP contribution in [-0.4, -0.2) is 19.3 Å². The third kappa shape index (κ3) is 3.31. The van der Waals surface area contributed by atoms with Crippen LogP contribution in [0.2, 0.25) is 0 Å². The highest BCUT2D eigenvalue weighted by atomic mass is 31.2. The molecule has 72 valence electrons. The molecule has 1 N–H and O–H groups in total. The molecule has 0 aliphatic heterocycles. The zero-order valence-corrected chi connectivity index (χ0v) is 8.62. The SMILES string of the molecule is COP(Cc1ccc(O)cc1)OC. The average molecular weight is 200 g/mol. The van der Waals surface area contributed by atoms with E-state index >= 15 is 0 Å². The van der Waals surface area contributed by atoms with Gasteiger partial charge in [0.05, 0.1) is 0 Å². The molecular weight excluding hydrogens is 187 g/mol. The third-order valence-electron chi connectivity index (χ3n) is 1.66. The van der Waals surface area contributed by atoms with Crippen molar-refractivity contribution in [1.29, 1.82) is 0 Å². The van der Waals surface area contributed by atoms with Crippen molar-refractivity contribution in [2.45, 2.75) is 6.16 Å². The average Bonchev–Trinajstić information content (AvgIpc) is 2.17. The molecule has 0 heterocycles. The highest BCUT2D eigenvalue weighted by molar-refractivity contribution is 7.46. The van der Waals surface area contributed by atoms with Gasteiger partial charge < -0.3 is 14.2 Å². The maximum absolute atomic E-state index is 9.05. The lowest BCUT2D eigenvalue weighted by molar-refractivity contribution is 0.339. The van der Waals surface area contributed by atoms with Crippen molar-refractivity contribution in [3.05, 3.63) is 29.8 Å². The Hall–Kier alpha value is -0.630. The molecule has 1 aromatic rings. The summed E-state index contributed by atoms with van der Waals surface area (Å²) in [4.78, 5) is 0. The molecule has 0 atom stereocenters. The van der Waals surface area contributed by atoms with Crippen LogP contribution in [0.1, 0.15) is 5.56 Å². The summed E-state index contributed by atoms with van der Waals surface area (Å²) in [7, 11) is 2.45. The van der Waals surface area contributed by atoms with E-state index < -0.39 is 8.38 Å². The molecular formula is C9H13O3P. The molecule has 1 aromatic carbocycles. The van der Waals surface area contributed by atoms with Crippen LogP contribution in [-0.2, 0) is 15.2 Å². The molecule has 4 heteroatoms. The van der Waals surface area contributed by atoms with E-state index in [4.69, 9.17) is 14.2 Å². The topological polar surface area (TPSA) is 38.7 Å². The second kappa shape index (κ2) is 5.18. The summed E-state index contributed by atoms with van der Waals surface area (Å²) in [5.74, 6) is 0.280. The Balaban J connectivity index is 2.58. The summed E-state index contributed by atoms with van der Waals surface area (Å²) < 4.78 is 10.2. The van der Waals surface area contributed by atoms with Crippen LogP contribution in [0, 0.1) is 0 Å². The minimum absolute atomic E-state index is 0.280. The van der Waals surface area contributed by atoms with E-state index in [1.54, 1.807) is 26.4 Å². The van der Waals surface area contributed by atoms with Crippen LogP contribution in [0.3, 0.4) is 0 Å². The lowest BCUT2D eigenvalue weighted by Gasteiger charge is -2.11. The third-order valence-corrected chi connectivity index (χ3v) is 3.09. The van der Waals surface area contributed by atoms with Crippen LogP contribution in [0.5, 0.6) is 5.75 Å². The molecule has 0 spiro atoms. The Bertz CT molecular complexity index is 244. The first-order valence-electron chi connectivity index (χ1n) is 3.90. The Morgan fingerprint density at radius 1 is 1.15 bits per heavy atom. The predicted molar refractivity (Wildman–Crippen MR) is 52.7 cm³/mol. The number of rotatable bonds is 4. The number of hydrogen-bond acceptors (Lipinski definition) is 3. The summed E-state index contributed by atoms with van der Waals surface area (Å²) in [6.45, 7) is 0. The molecule has 0 saturated heterocycles. The number of phenolic OH excluding ortho intramolecular Hbond substituents is 1. The van der Waals surface area contributed by atoms with Gasteiger partial charge in [0.15, 0.2) is 8.38 Å². The molecule has 0 aromatic heterocycles. The minimum atomic E-state index is -0.824. The van der Waals surface area contributed by atoms with Crippen LogP contribution < -0.4 is 0 Å². The number of benzene rings is 1. The maximum atomic E-state index is 9.05. The molecule has 1 rings (SSSR count). The Morgan fingerprint density at radius 2 is 1.69 bits per heavy atom. The van der Waals surface area contributed by atoms with Gasteiger partial charge in [0.2, 0.25) is 0 Å².